The van der Waals surface area contributed by atoms with E-state index in [0.717, 1.165) is 17.9 Å². The number of nitrogens with zero attached hydrogens (tertiary/aromatic N) is 1. The molecule has 0 amide bonds. The Kier molecular flexibility index (Phi) is 2.90. The molecule has 1 atom stereocenters. The maximum absolute atomic E-state index is 5.05. The lowest BCUT2D eigenvalue weighted by Gasteiger charge is -2.14. The van der Waals surface area contributed by atoms with E-state index in [1.165, 1.54) is 0 Å². The molecule has 0 radical (unpaired) electrons. The molecule has 0 saturated carbocycles. The van der Waals surface area contributed by atoms with Crippen LogP contribution in [0.15, 0.2) is 10.6 Å². The van der Waals surface area contributed by atoms with E-state index in [0.29, 0.717) is 11.8 Å². The first kappa shape index (κ1) is 9.30. The highest BCUT2D eigenvalue weighted by molar-refractivity contribution is 5.09. The molecule has 12 heavy (non-hydrogen) atoms. The Balaban J connectivity index is 2.80. The molecule has 0 spiro atoms. The predicted octanol–water partition coefficient (Wildman–Crippen LogP) is 3.13. The van der Waals surface area contributed by atoms with Gasteiger partial charge in [0.15, 0.2) is 0 Å². The molecule has 2 heteroatoms. The highest BCUT2D eigenvalue weighted by Crippen LogP contribution is 2.26. The van der Waals surface area contributed by atoms with Crippen LogP contribution in [0.1, 0.15) is 44.6 Å². The van der Waals surface area contributed by atoms with Gasteiger partial charge in [0.1, 0.15) is 5.76 Å². The summed E-state index contributed by atoms with van der Waals surface area (Å²) in [6.45, 7) is 8.56. The fraction of sp³-hybridized carbons (Fsp3) is 0.700. The predicted molar refractivity (Wildman–Crippen MR) is 49.1 cm³/mol. The molecule has 0 aliphatic carbocycles. The smallest absolute Gasteiger partial charge is 0.133 e. The van der Waals surface area contributed by atoms with Crippen LogP contribution in [-0.4, -0.2) is 5.16 Å². The molecule has 2 nitrogen and oxygen atoms in total. The molecule has 0 N–H and O–H groups in total. The molecule has 1 unspecified atom stereocenters. The van der Waals surface area contributed by atoms with Crippen molar-refractivity contribution in [2.24, 2.45) is 5.92 Å². The molecule has 0 aromatic carbocycles. The summed E-state index contributed by atoms with van der Waals surface area (Å²) in [7, 11) is 0. The second-order valence-electron chi connectivity index (χ2n) is 3.62. The molecular formula is C10H17NO. The number of hydrogen-bond acceptors (Lipinski definition) is 2. The van der Waals surface area contributed by atoms with Gasteiger partial charge in [-0.3, -0.25) is 0 Å². The van der Waals surface area contributed by atoms with Crippen LogP contribution in [0.4, 0.5) is 0 Å². The van der Waals surface area contributed by atoms with Crippen molar-refractivity contribution in [1.29, 1.82) is 0 Å². The van der Waals surface area contributed by atoms with Crippen LogP contribution in [0, 0.1) is 12.8 Å². The van der Waals surface area contributed by atoms with E-state index in [1.807, 2.05) is 13.0 Å². The Bertz CT molecular complexity index is 240. The van der Waals surface area contributed by atoms with Gasteiger partial charge in [0.25, 0.3) is 0 Å². The Morgan fingerprint density at radius 3 is 2.50 bits per heavy atom. The molecule has 1 aromatic heterocycles. The summed E-state index contributed by atoms with van der Waals surface area (Å²) in [5.74, 6) is 2.09. The zero-order valence-electron chi connectivity index (χ0n) is 8.29. The summed E-state index contributed by atoms with van der Waals surface area (Å²) in [5, 5.41) is 4.03. The first-order chi connectivity index (χ1) is 5.65. The molecule has 0 bridgehead atoms. The van der Waals surface area contributed by atoms with Gasteiger partial charge in [-0.25, -0.2) is 0 Å². The Labute approximate surface area is 74.0 Å². The topological polar surface area (TPSA) is 26.0 Å². The quantitative estimate of drug-likeness (QED) is 0.691. The maximum atomic E-state index is 5.05. The van der Waals surface area contributed by atoms with Crippen LogP contribution in [0.2, 0.25) is 0 Å². The molecule has 0 saturated heterocycles. The fourth-order valence-corrected chi connectivity index (χ4v) is 1.58. The molecule has 0 aliphatic heterocycles. The lowest BCUT2D eigenvalue weighted by Crippen LogP contribution is -2.05. The van der Waals surface area contributed by atoms with Gasteiger partial charge in [-0.1, -0.05) is 25.9 Å². The van der Waals surface area contributed by atoms with E-state index >= 15 is 0 Å². The van der Waals surface area contributed by atoms with E-state index in [9.17, 15) is 0 Å². The van der Waals surface area contributed by atoms with Crippen LogP contribution in [0.5, 0.6) is 0 Å². The van der Waals surface area contributed by atoms with Crippen LogP contribution in [0.25, 0.3) is 0 Å². The summed E-state index contributed by atoms with van der Waals surface area (Å²) in [5.41, 5.74) is 1.10. The third-order valence-electron chi connectivity index (χ3n) is 2.27. The molecular weight excluding hydrogens is 150 g/mol. The van der Waals surface area contributed by atoms with Crippen LogP contribution in [-0.2, 0) is 0 Å². The van der Waals surface area contributed by atoms with Crippen LogP contribution >= 0.6 is 0 Å². The van der Waals surface area contributed by atoms with Crippen molar-refractivity contribution < 1.29 is 4.52 Å². The zero-order chi connectivity index (χ0) is 9.14. The summed E-state index contributed by atoms with van der Waals surface area (Å²) in [6, 6.07) is 2.04. The Morgan fingerprint density at radius 2 is 2.17 bits per heavy atom. The minimum Gasteiger partial charge on any atom is -0.361 e. The third-order valence-corrected chi connectivity index (χ3v) is 2.27. The van der Waals surface area contributed by atoms with E-state index in [2.05, 4.69) is 25.9 Å². The number of aryl methyl sites for hydroxylation is 1. The first-order valence-corrected chi connectivity index (χ1v) is 4.58. The lowest BCUT2D eigenvalue weighted by atomic mass is 9.90. The summed E-state index contributed by atoms with van der Waals surface area (Å²) >= 11 is 0. The van der Waals surface area contributed by atoms with Crippen LogP contribution in [0.3, 0.4) is 0 Å². The van der Waals surface area contributed by atoms with Gasteiger partial charge in [-0.05, 0) is 19.3 Å². The molecule has 1 rings (SSSR count). The van der Waals surface area contributed by atoms with Crippen molar-refractivity contribution in [2.75, 3.05) is 0 Å². The van der Waals surface area contributed by atoms with E-state index < -0.39 is 0 Å². The Morgan fingerprint density at radius 1 is 1.50 bits per heavy atom. The first-order valence-electron chi connectivity index (χ1n) is 4.58. The highest BCUT2D eigenvalue weighted by Gasteiger charge is 2.16. The second-order valence-corrected chi connectivity index (χ2v) is 3.62. The molecule has 68 valence electrons. The van der Waals surface area contributed by atoms with Gasteiger partial charge in [0, 0.05) is 12.0 Å². The van der Waals surface area contributed by atoms with Crippen molar-refractivity contribution in [3.63, 3.8) is 0 Å². The van der Waals surface area contributed by atoms with Crippen molar-refractivity contribution in [2.45, 2.75) is 40.0 Å². The average Bonchev–Trinajstić information content (AvgIpc) is 2.37. The number of hydrogen-bond donors (Lipinski definition) is 0. The summed E-state index contributed by atoms with van der Waals surface area (Å²) < 4.78 is 5.05. The molecule has 0 fully saturated rings. The van der Waals surface area contributed by atoms with Crippen molar-refractivity contribution >= 4 is 0 Å². The normalized spacial score (nSPS) is 13.8. The number of aromatic nitrogens is 1. The van der Waals surface area contributed by atoms with Gasteiger partial charge in [-0.2, -0.15) is 0 Å². The van der Waals surface area contributed by atoms with Crippen molar-refractivity contribution in [3.8, 4) is 0 Å². The average molecular weight is 167 g/mol. The number of rotatable bonds is 3. The van der Waals surface area contributed by atoms with E-state index in [4.69, 9.17) is 4.52 Å². The van der Waals surface area contributed by atoms with Crippen molar-refractivity contribution in [1.82, 2.24) is 5.16 Å². The SMILES string of the molecule is CCC(c1cc(C)on1)C(C)C. The minimum absolute atomic E-state index is 0.544. The third kappa shape index (κ3) is 1.87. The van der Waals surface area contributed by atoms with E-state index in [-0.39, 0.29) is 0 Å². The summed E-state index contributed by atoms with van der Waals surface area (Å²) in [4.78, 5) is 0. The van der Waals surface area contributed by atoms with Gasteiger partial charge >= 0.3 is 0 Å². The van der Waals surface area contributed by atoms with Gasteiger partial charge in [0.05, 0.1) is 5.69 Å². The zero-order valence-corrected chi connectivity index (χ0v) is 8.29. The molecule has 1 heterocycles. The van der Waals surface area contributed by atoms with E-state index in [1.54, 1.807) is 0 Å². The lowest BCUT2D eigenvalue weighted by molar-refractivity contribution is 0.371. The maximum Gasteiger partial charge on any atom is 0.133 e. The standard InChI is InChI=1S/C10H17NO/c1-5-9(7(2)3)10-6-8(4)12-11-10/h6-7,9H,5H2,1-4H3. The monoisotopic (exact) mass is 167 g/mol. The van der Waals surface area contributed by atoms with Crippen molar-refractivity contribution in [3.05, 3.63) is 17.5 Å². The van der Waals surface area contributed by atoms with Gasteiger partial charge in [0.2, 0.25) is 0 Å². The fourth-order valence-electron chi connectivity index (χ4n) is 1.58. The van der Waals surface area contributed by atoms with Crippen LogP contribution < -0.4 is 0 Å². The van der Waals surface area contributed by atoms with Gasteiger partial charge < -0.3 is 4.52 Å². The second kappa shape index (κ2) is 3.74. The van der Waals surface area contributed by atoms with Gasteiger partial charge in [-0.15, -0.1) is 0 Å². The minimum atomic E-state index is 0.544. The molecule has 0 aliphatic rings. The molecule has 1 aromatic rings. The summed E-state index contributed by atoms with van der Waals surface area (Å²) in [6.07, 6.45) is 1.13. The largest absolute Gasteiger partial charge is 0.361 e. The Hall–Kier alpha value is -0.790. The highest BCUT2D eigenvalue weighted by atomic mass is 16.5.